The van der Waals surface area contributed by atoms with Crippen molar-refractivity contribution >= 4 is 30.7 Å². The van der Waals surface area contributed by atoms with E-state index >= 15 is 0 Å². The third kappa shape index (κ3) is 4.46. The van der Waals surface area contributed by atoms with E-state index in [1.807, 2.05) is 30.3 Å². The Morgan fingerprint density at radius 1 is 1.27 bits per heavy atom. The van der Waals surface area contributed by atoms with Crippen LogP contribution >= 0.6 is 7.82 Å². The summed E-state index contributed by atoms with van der Waals surface area (Å²) in [5.74, 6) is -1.43. The van der Waals surface area contributed by atoms with E-state index in [4.69, 9.17) is 28.2 Å². The molecule has 4 atom stereocenters. The highest BCUT2D eigenvalue weighted by Gasteiger charge is 2.53. The van der Waals surface area contributed by atoms with E-state index in [0.717, 1.165) is 16.5 Å². The van der Waals surface area contributed by atoms with Gasteiger partial charge in [-0.05, 0) is 24.6 Å². The Labute approximate surface area is 228 Å². The van der Waals surface area contributed by atoms with E-state index in [1.165, 1.54) is 6.92 Å². The molecule has 3 aliphatic rings. The van der Waals surface area contributed by atoms with Gasteiger partial charge in [-0.3, -0.25) is 18.6 Å². The number of esters is 2. The van der Waals surface area contributed by atoms with Crippen LogP contribution in [-0.2, 0) is 56.2 Å². The molecule has 1 unspecified atom stereocenters. The highest BCUT2D eigenvalue weighted by molar-refractivity contribution is 7.47. The number of cyclic esters (lactones) is 1. The zero-order valence-corrected chi connectivity index (χ0v) is 22.7. The number of carbonyl (C=O) groups is 2. The minimum atomic E-state index is -4.93. The first kappa shape index (κ1) is 26.8. The van der Waals surface area contributed by atoms with Crippen LogP contribution in [-0.4, -0.2) is 51.8 Å². The van der Waals surface area contributed by atoms with Crippen molar-refractivity contribution in [1.29, 1.82) is 0 Å². The molecule has 13 heteroatoms. The lowest BCUT2D eigenvalue weighted by molar-refractivity contribution is -0.171. The Bertz CT molecular complexity index is 1650. The number of rotatable bonds is 7. The van der Waals surface area contributed by atoms with Gasteiger partial charge in [-0.1, -0.05) is 25.1 Å². The first-order valence-corrected chi connectivity index (χ1v) is 14.4. The third-order valence-corrected chi connectivity index (χ3v) is 8.54. The van der Waals surface area contributed by atoms with E-state index in [-0.39, 0.29) is 37.3 Å². The maximum Gasteiger partial charge on any atom is 0.473 e. The maximum atomic E-state index is 13.6. The minimum absolute atomic E-state index is 0.121. The van der Waals surface area contributed by atoms with Gasteiger partial charge < -0.3 is 23.7 Å². The molecule has 3 aromatic rings. The number of phosphoric acid groups is 1. The summed E-state index contributed by atoms with van der Waals surface area (Å²) in [7, 11) is -4.93. The number of para-hydroxylation sites is 1. The van der Waals surface area contributed by atoms with Crippen LogP contribution in [0.1, 0.15) is 43.4 Å². The fraction of sp³-hybridized carbons (Fsp3) is 0.407. The first-order valence-electron chi connectivity index (χ1n) is 12.9. The van der Waals surface area contributed by atoms with Crippen molar-refractivity contribution in [3.8, 4) is 11.4 Å². The van der Waals surface area contributed by atoms with Crippen LogP contribution in [0.5, 0.6) is 0 Å². The van der Waals surface area contributed by atoms with Crippen molar-refractivity contribution in [3.63, 3.8) is 0 Å². The predicted octanol–water partition coefficient (Wildman–Crippen LogP) is 2.94. The standard InChI is InChI=1S/C27H27N2O10P/c1-3-27(39-40(33,34)37-14-23-22(8-9-35-23)38-15(2)30)19-11-21-24-17(10-16-6-4-5-7-20(16)28-24)12-29(21)25(31)18(19)13-36-26(27)32/h4-7,10-11,22-23H,3,8-9,12-14H2,1-2H3,(H,33,34)/t22-,23+,27-/m0/s1. The average Bonchev–Trinajstić information content (AvgIpc) is 3.51. The van der Waals surface area contributed by atoms with Crippen LogP contribution in [0.2, 0.25) is 0 Å². The van der Waals surface area contributed by atoms with E-state index < -0.39 is 49.7 Å². The summed E-state index contributed by atoms with van der Waals surface area (Å²) < 4.78 is 41.5. The topological polar surface area (TPSA) is 152 Å². The third-order valence-electron chi connectivity index (χ3n) is 7.52. The first-order chi connectivity index (χ1) is 19.1. The van der Waals surface area contributed by atoms with Crippen LogP contribution in [0.3, 0.4) is 0 Å². The zero-order chi connectivity index (χ0) is 28.2. The lowest BCUT2D eigenvalue weighted by atomic mass is 9.86. The van der Waals surface area contributed by atoms with Crippen LogP contribution < -0.4 is 5.56 Å². The van der Waals surface area contributed by atoms with Crippen LogP contribution in [0.15, 0.2) is 41.2 Å². The second kappa shape index (κ2) is 9.90. The second-order valence-corrected chi connectivity index (χ2v) is 11.3. The van der Waals surface area contributed by atoms with Crippen molar-refractivity contribution in [2.24, 2.45) is 0 Å². The normalized spacial score (nSPS) is 24.6. The Morgan fingerprint density at radius 2 is 2.08 bits per heavy atom. The Kier molecular flexibility index (Phi) is 6.63. The van der Waals surface area contributed by atoms with Gasteiger partial charge in [0.05, 0.1) is 42.2 Å². The maximum absolute atomic E-state index is 13.6. The molecule has 0 amide bonds. The summed E-state index contributed by atoms with van der Waals surface area (Å²) in [6.45, 7) is 2.67. The molecule has 6 rings (SSSR count). The Hall–Kier alpha value is -3.41. The lowest BCUT2D eigenvalue weighted by Crippen LogP contribution is -2.46. The molecule has 0 radical (unpaired) electrons. The second-order valence-electron chi connectivity index (χ2n) is 9.96. The number of pyridine rings is 2. The molecule has 0 aliphatic carbocycles. The molecule has 2 aromatic heterocycles. The van der Waals surface area contributed by atoms with E-state index in [2.05, 4.69) is 0 Å². The van der Waals surface area contributed by atoms with Gasteiger partial charge in [-0.2, -0.15) is 0 Å². The number of fused-ring (bicyclic) bond motifs is 5. The number of nitrogens with zero attached hydrogens (tertiary/aromatic N) is 2. The molecule has 0 saturated carbocycles. The van der Waals surface area contributed by atoms with Gasteiger partial charge in [0.25, 0.3) is 5.56 Å². The number of ether oxygens (including phenoxy) is 3. The largest absolute Gasteiger partial charge is 0.473 e. The number of phosphoric ester groups is 1. The Morgan fingerprint density at radius 3 is 2.85 bits per heavy atom. The number of aromatic nitrogens is 2. The van der Waals surface area contributed by atoms with Crippen LogP contribution in [0, 0.1) is 0 Å². The van der Waals surface area contributed by atoms with Crippen LogP contribution in [0.4, 0.5) is 0 Å². The van der Waals surface area contributed by atoms with E-state index in [1.54, 1.807) is 17.6 Å². The summed E-state index contributed by atoms with van der Waals surface area (Å²) in [6.07, 6.45) is -1.16. The molecule has 5 heterocycles. The van der Waals surface area contributed by atoms with Crippen molar-refractivity contribution in [1.82, 2.24) is 9.55 Å². The number of hydrogen-bond donors (Lipinski definition) is 1. The summed E-state index contributed by atoms with van der Waals surface area (Å²) in [5, 5.41) is 0.928. The lowest BCUT2D eigenvalue weighted by Gasteiger charge is -2.36. The number of hydrogen-bond acceptors (Lipinski definition) is 10. The molecule has 12 nitrogen and oxygen atoms in total. The molecule has 3 aliphatic heterocycles. The van der Waals surface area contributed by atoms with Gasteiger partial charge >= 0.3 is 19.8 Å². The molecule has 1 fully saturated rings. The van der Waals surface area contributed by atoms with E-state index in [9.17, 15) is 23.8 Å². The van der Waals surface area contributed by atoms with Crippen LogP contribution in [0.25, 0.3) is 22.3 Å². The molecule has 0 bridgehead atoms. The molecular formula is C27H27N2O10P. The minimum Gasteiger partial charge on any atom is -0.460 e. The molecule has 1 saturated heterocycles. The van der Waals surface area contributed by atoms with Gasteiger partial charge in [0.2, 0.25) is 5.60 Å². The van der Waals surface area contributed by atoms with Gasteiger partial charge in [0.1, 0.15) is 18.8 Å². The average molecular weight is 570 g/mol. The van der Waals surface area contributed by atoms with Gasteiger partial charge in [0.15, 0.2) is 0 Å². The zero-order valence-electron chi connectivity index (χ0n) is 21.8. The molecule has 40 heavy (non-hydrogen) atoms. The molecule has 1 aromatic carbocycles. The van der Waals surface area contributed by atoms with Crippen molar-refractivity contribution in [2.45, 2.75) is 57.6 Å². The van der Waals surface area contributed by atoms with E-state index in [0.29, 0.717) is 17.8 Å². The summed E-state index contributed by atoms with van der Waals surface area (Å²) in [6, 6.07) is 11.2. The molecule has 0 spiro atoms. The number of carbonyl (C=O) groups excluding carboxylic acids is 2. The molecule has 1 N–H and O–H groups in total. The summed E-state index contributed by atoms with van der Waals surface area (Å²) in [4.78, 5) is 53.7. The summed E-state index contributed by atoms with van der Waals surface area (Å²) >= 11 is 0. The summed E-state index contributed by atoms with van der Waals surface area (Å²) in [5.41, 5.74) is 0.433. The predicted molar refractivity (Wildman–Crippen MR) is 139 cm³/mol. The highest BCUT2D eigenvalue weighted by Crippen LogP contribution is 2.54. The highest BCUT2D eigenvalue weighted by atomic mass is 31.2. The van der Waals surface area contributed by atoms with Crippen molar-refractivity contribution in [3.05, 3.63) is 63.4 Å². The Balaban J connectivity index is 1.36. The SMILES string of the molecule is CC[C@@]1(OP(=O)(O)OC[C@H]2OCC[C@@H]2OC(C)=O)C(=O)OCc2c1cc1n(c2=O)Cc2cc3ccccc3nc2-1. The van der Waals surface area contributed by atoms with Gasteiger partial charge in [0, 0.05) is 29.9 Å². The van der Waals surface area contributed by atoms with Crippen molar-refractivity contribution in [2.75, 3.05) is 13.2 Å². The molecular weight excluding hydrogens is 543 g/mol. The van der Waals surface area contributed by atoms with Gasteiger partial charge in [-0.15, -0.1) is 0 Å². The quantitative estimate of drug-likeness (QED) is 0.258. The number of benzene rings is 1. The van der Waals surface area contributed by atoms with Gasteiger partial charge in [-0.25, -0.2) is 14.3 Å². The van der Waals surface area contributed by atoms with Crippen molar-refractivity contribution < 1.29 is 42.3 Å². The smallest absolute Gasteiger partial charge is 0.460 e. The monoisotopic (exact) mass is 570 g/mol. The fourth-order valence-corrected chi connectivity index (χ4v) is 6.67. The molecule has 210 valence electrons. The fourth-order valence-electron chi connectivity index (χ4n) is 5.59.